The van der Waals surface area contributed by atoms with E-state index in [2.05, 4.69) is 9.97 Å². The molecule has 0 saturated heterocycles. The Balaban J connectivity index is 2.30. The van der Waals surface area contributed by atoms with Crippen LogP contribution in [-0.2, 0) is 0 Å². The zero-order valence-corrected chi connectivity index (χ0v) is 12.2. The lowest BCUT2D eigenvalue weighted by molar-refractivity contribution is -0.384. The Morgan fingerprint density at radius 1 is 1.35 bits per heavy atom. The van der Waals surface area contributed by atoms with Crippen LogP contribution >= 0.6 is 23.4 Å². The van der Waals surface area contributed by atoms with Crippen molar-refractivity contribution < 1.29 is 9.66 Å². The Kier molecular flexibility index (Phi) is 4.41. The van der Waals surface area contributed by atoms with E-state index in [1.807, 2.05) is 6.26 Å². The van der Waals surface area contributed by atoms with Gasteiger partial charge >= 0.3 is 0 Å². The third-order valence-electron chi connectivity index (χ3n) is 2.42. The summed E-state index contributed by atoms with van der Waals surface area (Å²) in [5, 5.41) is 11.4. The summed E-state index contributed by atoms with van der Waals surface area (Å²) < 4.78 is 5.60. The van der Waals surface area contributed by atoms with E-state index in [4.69, 9.17) is 16.3 Å². The van der Waals surface area contributed by atoms with Crippen molar-refractivity contribution in [2.45, 2.75) is 12.1 Å². The predicted molar refractivity (Wildman–Crippen MR) is 76.7 cm³/mol. The minimum atomic E-state index is -0.454. The second-order valence-electron chi connectivity index (χ2n) is 3.82. The molecule has 0 atom stereocenters. The number of aromatic nitrogens is 2. The molecule has 104 valence electrons. The van der Waals surface area contributed by atoms with Crippen LogP contribution in [0.25, 0.3) is 0 Å². The van der Waals surface area contributed by atoms with Crippen LogP contribution in [0.4, 0.5) is 5.69 Å². The Morgan fingerprint density at radius 3 is 2.70 bits per heavy atom. The fraction of sp³-hybridized carbons (Fsp3) is 0.167. The first-order chi connectivity index (χ1) is 9.49. The summed E-state index contributed by atoms with van der Waals surface area (Å²) in [7, 11) is 0. The molecule has 1 heterocycles. The van der Waals surface area contributed by atoms with Crippen LogP contribution in [0.15, 0.2) is 29.4 Å². The monoisotopic (exact) mass is 311 g/mol. The van der Waals surface area contributed by atoms with Gasteiger partial charge in [-0.05, 0) is 24.8 Å². The molecule has 0 aliphatic heterocycles. The lowest BCUT2D eigenvalue weighted by Crippen LogP contribution is -1.95. The van der Waals surface area contributed by atoms with Gasteiger partial charge in [-0.15, -0.1) is 0 Å². The highest BCUT2D eigenvalue weighted by Crippen LogP contribution is 2.28. The SMILES string of the molecule is CSc1nc(Cl)cc(Oc2ccc([N+](=O)[O-])cc2C)n1. The second-order valence-corrected chi connectivity index (χ2v) is 4.99. The summed E-state index contributed by atoms with van der Waals surface area (Å²) in [6, 6.07) is 5.83. The van der Waals surface area contributed by atoms with Gasteiger partial charge in [0, 0.05) is 18.2 Å². The molecule has 0 amide bonds. The molecule has 0 N–H and O–H groups in total. The van der Waals surface area contributed by atoms with Crippen molar-refractivity contribution in [2.24, 2.45) is 0 Å². The van der Waals surface area contributed by atoms with Crippen LogP contribution in [0, 0.1) is 17.0 Å². The highest BCUT2D eigenvalue weighted by atomic mass is 35.5. The number of benzene rings is 1. The number of nitro benzene ring substituents is 1. The van der Waals surface area contributed by atoms with Crippen LogP contribution in [0.5, 0.6) is 11.6 Å². The molecule has 2 rings (SSSR count). The Labute approximate surface area is 124 Å². The van der Waals surface area contributed by atoms with Gasteiger partial charge in [0.05, 0.1) is 4.92 Å². The van der Waals surface area contributed by atoms with Gasteiger partial charge in [0.15, 0.2) is 5.16 Å². The third-order valence-corrected chi connectivity index (χ3v) is 3.16. The van der Waals surface area contributed by atoms with Crippen molar-refractivity contribution in [3.05, 3.63) is 45.1 Å². The first-order valence-electron chi connectivity index (χ1n) is 5.51. The molecule has 1 aromatic carbocycles. The van der Waals surface area contributed by atoms with E-state index in [9.17, 15) is 10.1 Å². The number of nitro groups is 1. The predicted octanol–water partition coefficient (Wildman–Crippen LogP) is 3.86. The van der Waals surface area contributed by atoms with Crippen LogP contribution in [0.2, 0.25) is 5.15 Å². The minimum Gasteiger partial charge on any atom is -0.439 e. The molecule has 0 spiro atoms. The van der Waals surface area contributed by atoms with Crippen LogP contribution in [-0.4, -0.2) is 21.1 Å². The van der Waals surface area contributed by atoms with Crippen molar-refractivity contribution in [1.82, 2.24) is 9.97 Å². The smallest absolute Gasteiger partial charge is 0.269 e. The molecule has 20 heavy (non-hydrogen) atoms. The normalized spacial score (nSPS) is 10.3. The lowest BCUT2D eigenvalue weighted by Gasteiger charge is -2.08. The lowest BCUT2D eigenvalue weighted by atomic mass is 10.2. The highest BCUT2D eigenvalue weighted by molar-refractivity contribution is 7.98. The largest absolute Gasteiger partial charge is 0.439 e. The van der Waals surface area contributed by atoms with Gasteiger partial charge in [0.2, 0.25) is 5.88 Å². The molecule has 1 aromatic heterocycles. The Bertz CT molecular complexity index is 666. The topological polar surface area (TPSA) is 78.2 Å². The van der Waals surface area contributed by atoms with Crippen molar-refractivity contribution >= 4 is 29.1 Å². The number of hydrogen-bond acceptors (Lipinski definition) is 6. The fourth-order valence-electron chi connectivity index (χ4n) is 1.49. The van der Waals surface area contributed by atoms with Crippen molar-refractivity contribution in [2.75, 3.05) is 6.26 Å². The van der Waals surface area contributed by atoms with Gasteiger partial charge in [0.1, 0.15) is 10.9 Å². The quantitative estimate of drug-likeness (QED) is 0.280. The molecule has 0 unspecified atom stereocenters. The van der Waals surface area contributed by atoms with E-state index in [0.717, 1.165) is 0 Å². The summed E-state index contributed by atoms with van der Waals surface area (Å²) in [5.41, 5.74) is 0.653. The van der Waals surface area contributed by atoms with E-state index in [1.165, 1.54) is 36.0 Å². The number of thioether (sulfide) groups is 1. The van der Waals surface area contributed by atoms with Crippen molar-refractivity contribution in [1.29, 1.82) is 0 Å². The average molecular weight is 312 g/mol. The summed E-state index contributed by atoms with van der Waals surface area (Å²) in [6.07, 6.45) is 1.83. The van der Waals surface area contributed by atoms with Gasteiger partial charge < -0.3 is 4.74 Å². The molecular weight excluding hydrogens is 302 g/mol. The summed E-state index contributed by atoms with van der Waals surface area (Å²) in [5.74, 6) is 0.781. The zero-order valence-electron chi connectivity index (χ0n) is 10.7. The standard InChI is InChI=1S/C12H10ClN3O3S/c1-7-5-8(16(17)18)3-4-9(7)19-11-6-10(13)14-12(15-11)20-2/h3-6H,1-2H3. The molecule has 6 nitrogen and oxygen atoms in total. The third kappa shape index (κ3) is 3.37. The number of non-ortho nitro benzene ring substituents is 1. The van der Waals surface area contributed by atoms with Gasteiger partial charge in [-0.2, -0.15) is 4.98 Å². The van der Waals surface area contributed by atoms with E-state index in [-0.39, 0.29) is 10.8 Å². The first-order valence-corrected chi connectivity index (χ1v) is 7.11. The van der Waals surface area contributed by atoms with Gasteiger partial charge in [-0.25, -0.2) is 4.98 Å². The molecule has 2 aromatic rings. The maximum absolute atomic E-state index is 10.7. The molecule has 0 aliphatic carbocycles. The van der Waals surface area contributed by atoms with Crippen LogP contribution < -0.4 is 4.74 Å². The number of halogens is 1. The van der Waals surface area contributed by atoms with Crippen LogP contribution in [0.3, 0.4) is 0 Å². The number of rotatable bonds is 4. The number of nitrogens with zero attached hydrogens (tertiary/aromatic N) is 3. The van der Waals surface area contributed by atoms with Gasteiger partial charge in [-0.3, -0.25) is 10.1 Å². The fourth-order valence-corrected chi connectivity index (χ4v) is 2.09. The molecule has 0 radical (unpaired) electrons. The first kappa shape index (κ1) is 14.5. The zero-order chi connectivity index (χ0) is 14.7. The average Bonchev–Trinajstić information content (AvgIpc) is 2.40. The van der Waals surface area contributed by atoms with Gasteiger partial charge in [-0.1, -0.05) is 23.4 Å². The molecule has 0 aliphatic rings. The molecular formula is C12H10ClN3O3S. The van der Waals surface area contributed by atoms with E-state index < -0.39 is 4.92 Å². The van der Waals surface area contributed by atoms with E-state index in [0.29, 0.717) is 22.3 Å². The summed E-state index contributed by atoms with van der Waals surface area (Å²) >= 11 is 7.21. The summed E-state index contributed by atoms with van der Waals surface area (Å²) in [4.78, 5) is 18.4. The van der Waals surface area contributed by atoms with E-state index in [1.54, 1.807) is 6.92 Å². The van der Waals surface area contributed by atoms with Crippen molar-refractivity contribution in [3.63, 3.8) is 0 Å². The Hall–Kier alpha value is -1.86. The van der Waals surface area contributed by atoms with E-state index >= 15 is 0 Å². The minimum absolute atomic E-state index is 0.0142. The highest BCUT2D eigenvalue weighted by Gasteiger charge is 2.11. The molecule has 0 bridgehead atoms. The number of aryl methyl sites for hydroxylation is 1. The molecule has 8 heteroatoms. The number of hydrogen-bond donors (Lipinski definition) is 0. The molecule has 0 fully saturated rings. The van der Waals surface area contributed by atoms with Crippen LogP contribution in [0.1, 0.15) is 5.56 Å². The number of ether oxygens (including phenoxy) is 1. The summed E-state index contributed by atoms with van der Waals surface area (Å²) in [6.45, 7) is 1.72. The van der Waals surface area contributed by atoms with Crippen molar-refractivity contribution in [3.8, 4) is 11.6 Å². The second kappa shape index (κ2) is 6.06. The van der Waals surface area contributed by atoms with Gasteiger partial charge in [0.25, 0.3) is 5.69 Å². The molecule has 0 saturated carbocycles. The maximum Gasteiger partial charge on any atom is 0.269 e. The Morgan fingerprint density at radius 2 is 2.10 bits per heavy atom. The maximum atomic E-state index is 10.7.